The molecule has 0 saturated carbocycles. The van der Waals surface area contributed by atoms with E-state index in [1.807, 2.05) is 4.90 Å². The van der Waals surface area contributed by atoms with E-state index in [2.05, 4.69) is 28.3 Å². The van der Waals surface area contributed by atoms with Gasteiger partial charge in [0.15, 0.2) is 5.76 Å². The van der Waals surface area contributed by atoms with Crippen molar-refractivity contribution in [1.29, 1.82) is 0 Å². The zero-order valence-corrected chi connectivity index (χ0v) is 14.2. The van der Waals surface area contributed by atoms with Gasteiger partial charge in [0.05, 0.1) is 11.6 Å². The first-order valence-electron chi connectivity index (χ1n) is 8.01. The molecule has 124 valence electrons. The lowest BCUT2D eigenvalue weighted by Crippen LogP contribution is -2.42. The molecule has 1 amide bonds. The first-order chi connectivity index (χ1) is 11.7. The molecule has 1 aliphatic rings. The third kappa shape index (κ3) is 2.87. The number of aryl methyl sites for hydroxylation is 1. The summed E-state index contributed by atoms with van der Waals surface area (Å²) in [4.78, 5) is 25.1. The molecule has 0 radical (unpaired) electrons. The molecule has 1 N–H and O–H groups in total. The molecule has 1 saturated heterocycles. The maximum Gasteiger partial charge on any atom is 0.289 e. The van der Waals surface area contributed by atoms with E-state index < -0.39 is 0 Å². The van der Waals surface area contributed by atoms with Gasteiger partial charge in [0.25, 0.3) is 5.91 Å². The summed E-state index contributed by atoms with van der Waals surface area (Å²) in [6.07, 6.45) is 4.92. The van der Waals surface area contributed by atoms with Crippen LogP contribution in [0.25, 0.3) is 10.2 Å². The second kappa shape index (κ2) is 6.24. The first-order valence-corrected chi connectivity index (χ1v) is 8.83. The highest BCUT2D eigenvalue weighted by molar-refractivity contribution is 7.18. The molecule has 7 heteroatoms. The van der Waals surface area contributed by atoms with Gasteiger partial charge in [-0.25, -0.2) is 9.97 Å². The minimum atomic E-state index is -0.0312. The number of anilines is 1. The smallest absolute Gasteiger partial charge is 0.289 e. The summed E-state index contributed by atoms with van der Waals surface area (Å²) in [6, 6.07) is 5.88. The predicted octanol–water partition coefficient (Wildman–Crippen LogP) is 3.31. The number of furan rings is 1. The fourth-order valence-corrected chi connectivity index (χ4v) is 3.91. The minimum absolute atomic E-state index is 0.0312. The van der Waals surface area contributed by atoms with Gasteiger partial charge in [0, 0.05) is 24.0 Å². The third-order valence-corrected chi connectivity index (χ3v) is 5.27. The van der Waals surface area contributed by atoms with Gasteiger partial charge in [0.1, 0.15) is 17.0 Å². The van der Waals surface area contributed by atoms with Crippen molar-refractivity contribution in [3.05, 3.63) is 41.4 Å². The molecule has 24 heavy (non-hydrogen) atoms. The molecule has 3 aromatic rings. The lowest BCUT2D eigenvalue weighted by Gasteiger charge is -2.32. The molecule has 1 aliphatic heterocycles. The van der Waals surface area contributed by atoms with E-state index >= 15 is 0 Å². The number of likely N-dealkylation sites (tertiary alicyclic amines) is 1. The number of thiophene rings is 1. The van der Waals surface area contributed by atoms with Crippen molar-refractivity contribution in [2.45, 2.75) is 25.8 Å². The zero-order chi connectivity index (χ0) is 16.5. The second-order valence-corrected chi connectivity index (χ2v) is 7.22. The highest BCUT2D eigenvalue weighted by Gasteiger charge is 2.25. The second-order valence-electron chi connectivity index (χ2n) is 5.99. The van der Waals surface area contributed by atoms with Crippen LogP contribution >= 0.6 is 11.3 Å². The zero-order valence-electron chi connectivity index (χ0n) is 13.4. The van der Waals surface area contributed by atoms with Crippen LogP contribution in [0, 0.1) is 6.92 Å². The fraction of sp³-hybridized carbons (Fsp3) is 0.353. The number of nitrogens with one attached hydrogen (secondary N) is 1. The standard InChI is InChI=1S/C17H18N4O2S/c1-11-9-13-15(18-10-19-16(13)24-11)20-12-4-6-21(7-5-12)17(22)14-3-2-8-23-14/h2-3,8-10,12H,4-7H2,1H3,(H,18,19,20). The highest BCUT2D eigenvalue weighted by Crippen LogP contribution is 2.28. The summed E-state index contributed by atoms with van der Waals surface area (Å²) in [5.41, 5.74) is 0. The van der Waals surface area contributed by atoms with Crippen LogP contribution in [0.5, 0.6) is 0 Å². The Bertz CT molecular complexity index is 851. The van der Waals surface area contributed by atoms with E-state index in [4.69, 9.17) is 4.42 Å². The Kier molecular flexibility index (Phi) is 3.93. The molecule has 0 atom stereocenters. The number of fused-ring (bicyclic) bond motifs is 1. The molecule has 4 heterocycles. The molecule has 3 aromatic heterocycles. The average Bonchev–Trinajstić information content (AvgIpc) is 3.24. The minimum Gasteiger partial charge on any atom is -0.459 e. The summed E-state index contributed by atoms with van der Waals surface area (Å²) in [5.74, 6) is 1.27. The molecule has 0 bridgehead atoms. The molecule has 0 unspecified atom stereocenters. The summed E-state index contributed by atoms with van der Waals surface area (Å²) in [6.45, 7) is 3.51. The number of hydrogen-bond acceptors (Lipinski definition) is 6. The molecule has 6 nitrogen and oxygen atoms in total. The number of nitrogens with zero attached hydrogens (tertiary/aromatic N) is 3. The van der Waals surface area contributed by atoms with Gasteiger partial charge in [-0.05, 0) is 38.0 Å². The largest absolute Gasteiger partial charge is 0.459 e. The lowest BCUT2D eigenvalue weighted by molar-refractivity contribution is 0.0686. The topological polar surface area (TPSA) is 71.3 Å². The number of carbonyl (C=O) groups is 1. The van der Waals surface area contributed by atoms with Crippen LogP contribution in [0.2, 0.25) is 0 Å². The van der Waals surface area contributed by atoms with Crippen molar-refractivity contribution in [3.8, 4) is 0 Å². The Labute approximate surface area is 143 Å². The maximum atomic E-state index is 12.3. The van der Waals surface area contributed by atoms with E-state index in [9.17, 15) is 4.79 Å². The van der Waals surface area contributed by atoms with Crippen LogP contribution in [0.3, 0.4) is 0 Å². The van der Waals surface area contributed by atoms with E-state index in [1.54, 1.807) is 29.8 Å². The number of carbonyl (C=O) groups excluding carboxylic acids is 1. The van der Waals surface area contributed by atoms with Crippen LogP contribution < -0.4 is 5.32 Å². The maximum absolute atomic E-state index is 12.3. The van der Waals surface area contributed by atoms with Gasteiger partial charge in [-0.3, -0.25) is 4.79 Å². The first kappa shape index (κ1) is 15.1. The predicted molar refractivity (Wildman–Crippen MR) is 93.4 cm³/mol. The van der Waals surface area contributed by atoms with Gasteiger partial charge in [0.2, 0.25) is 0 Å². The third-order valence-electron chi connectivity index (χ3n) is 4.31. The number of aromatic nitrogens is 2. The highest BCUT2D eigenvalue weighted by atomic mass is 32.1. The Morgan fingerprint density at radius 2 is 2.21 bits per heavy atom. The summed E-state index contributed by atoms with van der Waals surface area (Å²) in [5, 5.41) is 4.60. The number of hydrogen-bond donors (Lipinski definition) is 1. The van der Waals surface area contributed by atoms with Crippen molar-refractivity contribution in [1.82, 2.24) is 14.9 Å². The van der Waals surface area contributed by atoms with E-state index in [1.165, 1.54) is 11.1 Å². The number of rotatable bonds is 3. The van der Waals surface area contributed by atoms with Crippen LogP contribution in [0.4, 0.5) is 5.82 Å². The van der Waals surface area contributed by atoms with Gasteiger partial charge in [-0.2, -0.15) is 0 Å². The molecule has 0 aliphatic carbocycles. The van der Waals surface area contributed by atoms with Crippen LogP contribution in [-0.2, 0) is 0 Å². The Morgan fingerprint density at radius 1 is 1.38 bits per heavy atom. The SMILES string of the molecule is Cc1cc2c(NC3CCN(C(=O)c4ccco4)CC3)ncnc2s1. The molecule has 1 fully saturated rings. The summed E-state index contributed by atoms with van der Waals surface area (Å²) >= 11 is 1.68. The normalized spacial score (nSPS) is 15.8. The van der Waals surface area contributed by atoms with Gasteiger partial charge >= 0.3 is 0 Å². The van der Waals surface area contributed by atoms with E-state index in [0.29, 0.717) is 24.9 Å². The van der Waals surface area contributed by atoms with Crippen molar-refractivity contribution in [2.75, 3.05) is 18.4 Å². The van der Waals surface area contributed by atoms with Crippen molar-refractivity contribution >= 4 is 33.3 Å². The fourth-order valence-electron chi connectivity index (χ4n) is 3.07. The van der Waals surface area contributed by atoms with E-state index in [-0.39, 0.29) is 5.91 Å². The summed E-state index contributed by atoms with van der Waals surface area (Å²) in [7, 11) is 0. The number of piperidine rings is 1. The molecular weight excluding hydrogens is 324 g/mol. The van der Waals surface area contributed by atoms with Crippen molar-refractivity contribution < 1.29 is 9.21 Å². The quantitative estimate of drug-likeness (QED) is 0.791. The Balaban J connectivity index is 1.42. The number of amides is 1. The van der Waals surface area contributed by atoms with Gasteiger partial charge in [-0.15, -0.1) is 11.3 Å². The van der Waals surface area contributed by atoms with Crippen LogP contribution in [0.1, 0.15) is 28.3 Å². The van der Waals surface area contributed by atoms with Crippen molar-refractivity contribution in [2.24, 2.45) is 0 Å². The van der Waals surface area contributed by atoms with Crippen molar-refractivity contribution in [3.63, 3.8) is 0 Å². The Morgan fingerprint density at radius 3 is 2.96 bits per heavy atom. The molecule has 0 aromatic carbocycles. The summed E-state index contributed by atoms with van der Waals surface area (Å²) < 4.78 is 5.20. The van der Waals surface area contributed by atoms with Crippen LogP contribution in [0.15, 0.2) is 35.2 Å². The van der Waals surface area contributed by atoms with Crippen LogP contribution in [-0.4, -0.2) is 39.9 Å². The van der Waals surface area contributed by atoms with Gasteiger partial charge < -0.3 is 14.6 Å². The van der Waals surface area contributed by atoms with Gasteiger partial charge in [-0.1, -0.05) is 0 Å². The molecular formula is C17H18N4O2S. The molecule has 0 spiro atoms. The van der Waals surface area contributed by atoms with E-state index in [0.717, 1.165) is 28.9 Å². The molecule has 4 rings (SSSR count). The Hall–Kier alpha value is -2.41. The lowest BCUT2D eigenvalue weighted by atomic mass is 10.0. The monoisotopic (exact) mass is 342 g/mol. The average molecular weight is 342 g/mol.